The Kier molecular flexibility index (Phi) is 6.90. The largest absolute Gasteiger partial charge is 0.504 e. The van der Waals surface area contributed by atoms with Gasteiger partial charge in [-0.2, -0.15) is 0 Å². The first-order valence-corrected chi connectivity index (χ1v) is 6.64. The van der Waals surface area contributed by atoms with E-state index in [1.807, 2.05) is 19.1 Å². The lowest BCUT2D eigenvalue weighted by molar-refractivity contribution is 0.370. The molecule has 0 unspecified atom stereocenters. The van der Waals surface area contributed by atoms with E-state index in [4.69, 9.17) is 4.74 Å². The Bertz CT molecular complexity index is 462. The number of nitrogens with one attached hydrogen (secondary N) is 2. The molecule has 1 aliphatic carbocycles. The van der Waals surface area contributed by atoms with E-state index in [0.29, 0.717) is 18.3 Å². The summed E-state index contributed by atoms with van der Waals surface area (Å²) in [4.78, 5) is 4.48. The topological polar surface area (TPSA) is 65.9 Å². The second-order valence-electron chi connectivity index (χ2n) is 4.58. The first kappa shape index (κ1) is 16.9. The first-order valence-electron chi connectivity index (χ1n) is 6.64. The van der Waals surface area contributed by atoms with Gasteiger partial charge in [-0.3, -0.25) is 0 Å². The number of guanidine groups is 1. The van der Waals surface area contributed by atoms with E-state index in [9.17, 15) is 5.11 Å². The number of hydrogen-bond acceptors (Lipinski definition) is 3. The van der Waals surface area contributed by atoms with Crippen molar-refractivity contribution >= 4 is 29.9 Å². The maximum atomic E-state index is 9.99. The molecule has 0 bridgehead atoms. The molecule has 0 amide bonds. The standard InChI is InChI=1S/C14H21N3O2.HI/c1-3-15-14(17-11-7-8-11)16-9-10-5-4-6-12(19-2)13(10)18;/h4-6,11,18H,3,7-9H2,1-2H3,(H2,15,16,17);1H. The van der Waals surface area contributed by atoms with Crippen molar-refractivity contribution in [3.63, 3.8) is 0 Å². The van der Waals surface area contributed by atoms with E-state index in [1.54, 1.807) is 13.2 Å². The van der Waals surface area contributed by atoms with Gasteiger partial charge in [-0.15, -0.1) is 24.0 Å². The molecule has 0 heterocycles. The van der Waals surface area contributed by atoms with Crippen molar-refractivity contribution in [2.75, 3.05) is 13.7 Å². The summed E-state index contributed by atoms with van der Waals surface area (Å²) in [5.74, 6) is 1.44. The minimum Gasteiger partial charge on any atom is -0.504 e. The molecule has 1 aromatic carbocycles. The number of phenolic OH excluding ortho intramolecular Hbond substituents is 1. The Hall–Kier alpha value is -1.18. The predicted octanol–water partition coefficient (Wildman–Crippen LogP) is 2.24. The quantitative estimate of drug-likeness (QED) is 0.409. The Morgan fingerprint density at radius 1 is 1.45 bits per heavy atom. The van der Waals surface area contributed by atoms with Crippen LogP contribution in [-0.2, 0) is 6.54 Å². The summed E-state index contributed by atoms with van der Waals surface area (Å²) in [7, 11) is 1.54. The highest BCUT2D eigenvalue weighted by Gasteiger charge is 2.22. The predicted molar refractivity (Wildman–Crippen MR) is 91.0 cm³/mol. The number of methoxy groups -OCH3 is 1. The average molecular weight is 391 g/mol. The third-order valence-corrected chi connectivity index (χ3v) is 2.97. The number of halogens is 1. The van der Waals surface area contributed by atoms with Gasteiger partial charge in [-0.05, 0) is 25.8 Å². The zero-order valence-electron chi connectivity index (χ0n) is 11.8. The van der Waals surface area contributed by atoms with E-state index >= 15 is 0 Å². The van der Waals surface area contributed by atoms with Gasteiger partial charge >= 0.3 is 0 Å². The van der Waals surface area contributed by atoms with Gasteiger partial charge in [-0.25, -0.2) is 4.99 Å². The van der Waals surface area contributed by atoms with Gasteiger partial charge < -0.3 is 20.5 Å². The number of benzene rings is 1. The molecule has 20 heavy (non-hydrogen) atoms. The Morgan fingerprint density at radius 2 is 2.20 bits per heavy atom. The van der Waals surface area contributed by atoms with Gasteiger partial charge in [0.05, 0.1) is 13.7 Å². The van der Waals surface area contributed by atoms with E-state index in [0.717, 1.165) is 18.1 Å². The fraction of sp³-hybridized carbons (Fsp3) is 0.500. The van der Waals surface area contributed by atoms with E-state index in [2.05, 4.69) is 15.6 Å². The zero-order valence-corrected chi connectivity index (χ0v) is 14.2. The van der Waals surface area contributed by atoms with Crippen molar-refractivity contribution < 1.29 is 9.84 Å². The van der Waals surface area contributed by atoms with Crippen LogP contribution in [0.2, 0.25) is 0 Å². The SMILES string of the molecule is CCNC(=NCc1cccc(OC)c1O)NC1CC1.I. The summed E-state index contributed by atoms with van der Waals surface area (Å²) >= 11 is 0. The summed E-state index contributed by atoms with van der Waals surface area (Å²) < 4.78 is 5.08. The lowest BCUT2D eigenvalue weighted by Crippen LogP contribution is -2.38. The number of para-hydroxylation sites is 1. The number of hydrogen-bond donors (Lipinski definition) is 3. The maximum absolute atomic E-state index is 9.99. The zero-order chi connectivity index (χ0) is 13.7. The highest BCUT2D eigenvalue weighted by molar-refractivity contribution is 14.0. The fourth-order valence-electron chi connectivity index (χ4n) is 1.77. The van der Waals surface area contributed by atoms with Crippen LogP contribution < -0.4 is 15.4 Å². The fourth-order valence-corrected chi connectivity index (χ4v) is 1.77. The Morgan fingerprint density at radius 3 is 2.80 bits per heavy atom. The van der Waals surface area contributed by atoms with Crippen molar-refractivity contribution in [3.8, 4) is 11.5 Å². The molecule has 0 saturated heterocycles. The summed E-state index contributed by atoms with van der Waals surface area (Å²) in [6, 6.07) is 5.99. The third-order valence-electron chi connectivity index (χ3n) is 2.97. The molecule has 0 aliphatic heterocycles. The van der Waals surface area contributed by atoms with Crippen LogP contribution in [0.3, 0.4) is 0 Å². The molecule has 2 rings (SSSR count). The Balaban J connectivity index is 0.00000200. The monoisotopic (exact) mass is 391 g/mol. The van der Waals surface area contributed by atoms with Crippen molar-refractivity contribution in [1.29, 1.82) is 0 Å². The van der Waals surface area contributed by atoms with E-state index in [1.165, 1.54) is 12.8 Å². The molecule has 5 nitrogen and oxygen atoms in total. The molecule has 112 valence electrons. The van der Waals surface area contributed by atoms with Crippen LogP contribution in [0.25, 0.3) is 0 Å². The third kappa shape index (κ3) is 4.73. The number of rotatable bonds is 5. The first-order chi connectivity index (χ1) is 9.24. The van der Waals surface area contributed by atoms with Gasteiger partial charge in [0.2, 0.25) is 0 Å². The second kappa shape index (κ2) is 8.18. The van der Waals surface area contributed by atoms with Crippen LogP contribution in [0, 0.1) is 0 Å². The molecule has 0 aromatic heterocycles. The van der Waals surface area contributed by atoms with Gasteiger partial charge in [-0.1, -0.05) is 12.1 Å². The van der Waals surface area contributed by atoms with Crippen LogP contribution in [0.5, 0.6) is 11.5 Å². The lowest BCUT2D eigenvalue weighted by atomic mass is 10.2. The van der Waals surface area contributed by atoms with Gasteiger partial charge in [0, 0.05) is 18.2 Å². The Labute approximate surface area is 136 Å². The summed E-state index contributed by atoms with van der Waals surface area (Å²) in [6.07, 6.45) is 2.41. The highest BCUT2D eigenvalue weighted by Crippen LogP contribution is 2.29. The average Bonchev–Trinajstić information content (AvgIpc) is 3.21. The van der Waals surface area contributed by atoms with Crippen LogP contribution >= 0.6 is 24.0 Å². The molecular formula is C14H22IN3O2. The molecule has 1 fully saturated rings. The minimum absolute atomic E-state index is 0. The number of phenols is 1. The summed E-state index contributed by atoms with van der Waals surface area (Å²) in [5.41, 5.74) is 0.757. The van der Waals surface area contributed by atoms with E-state index in [-0.39, 0.29) is 29.7 Å². The molecule has 3 N–H and O–H groups in total. The molecule has 0 spiro atoms. The van der Waals surface area contributed by atoms with Crippen LogP contribution in [0.15, 0.2) is 23.2 Å². The normalized spacial score (nSPS) is 14.4. The second-order valence-corrected chi connectivity index (χ2v) is 4.58. The smallest absolute Gasteiger partial charge is 0.191 e. The van der Waals surface area contributed by atoms with Crippen molar-refractivity contribution in [2.45, 2.75) is 32.4 Å². The highest BCUT2D eigenvalue weighted by atomic mass is 127. The molecule has 1 saturated carbocycles. The number of aliphatic imine (C=N–C) groups is 1. The molecule has 6 heteroatoms. The van der Waals surface area contributed by atoms with Crippen molar-refractivity contribution in [2.24, 2.45) is 4.99 Å². The van der Waals surface area contributed by atoms with Gasteiger partial charge in [0.15, 0.2) is 17.5 Å². The number of ether oxygens (including phenoxy) is 1. The summed E-state index contributed by atoms with van der Waals surface area (Å²) in [5, 5.41) is 16.5. The maximum Gasteiger partial charge on any atom is 0.191 e. The van der Waals surface area contributed by atoms with Crippen molar-refractivity contribution in [3.05, 3.63) is 23.8 Å². The van der Waals surface area contributed by atoms with Crippen molar-refractivity contribution in [1.82, 2.24) is 10.6 Å². The molecule has 0 radical (unpaired) electrons. The number of nitrogens with zero attached hydrogens (tertiary/aromatic N) is 1. The van der Waals surface area contributed by atoms with Crippen LogP contribution in [-0.4, -0.2) is 30.8 Å². The summed E-state index contributed by atoms with van der Waals surface area (Å²) in [6.45, 7) is 3.28. The van der Waals surface area contributed by atoms with Gasteiger partial charge in [0.1, 0.15) is 0 Å². The van der Waals surface area contributed by atoms with Crippen LogP contribution in [0.1, 0.15) is 25.3 Å². The minimum atomic E-state index is 0. The molecule has 0 atom stereocenters. The van der Waals surface area contributed by atoms with Gasteiger partial charge in [0.25, 0.3) is 0 Å². The molecule has 1 aromatic rings. The number of aromatic hydroxyl groups is 1. The lowest BCUT2D eigenvalue weighted by Gasteiger charge is -2.11. The van der Waals surface area contributed by atoms with E-state index < -0.39 is 0 Å². The molecular weight excluding hydrogens is 369 g/mol. The molecule has 1 aliphatic rings. The van der Waals surface area contributed by atoms with Crippen LogP contribution in [0.4, 0.5) is 0 Å².